The van der Waals surface area contributed by atoms with Gasteiger partial charge in [0.15, 0.2) is 9.84 Å². The molecule has 24 heavy (non-hydrogen) atoms. The van der Waals surface area contributed by atoms with Gasteiger partial charge in [0.2, 0.25) is 0 Å². The standard InChI is InChI=1S/C9H18O3S.C9H18OS/c1-9(2,3)12-8-4-6-13(10,11)7-5-8;1-9(2,3)10-8-4-6-11-7-5-8/h8H,4-7H2,1-3H3;8H,4-7H2,1-3H3. The highest BCUT2D eigenvalue weighted by molar-refractivity contribution is 7.99. The fourth-order valence-corrected chi connectivity index (χ4v) is 5.29. The number of hydrogen-bond acceptors (Lipinski definition) is 5. The number of hydrogen-bond donors (Lipinski definition) is 0. The minimum absolute atomic E-state index is 0.0483. The molecule has 0 N–H and O–H groups in total. The lowest BCUT2D eigenvalue weighted by atomic mass is 10.1. The summed E-state index contributed by atoms with van der Waals surface area (Å²) in [5.74, 6) is 3.13. The molecule has 2 saturated heterocycles. The van der Waals surface area contributed by atoms with Crippen molar-refractivity contribution >= 4 is 21.6 Å². The lowest BCUT2D eigenvalue weighted by Gasteiger charge is -2.29. The van der Waals surface area contributed by atoms with Crippen molar-refractivity contribution in [3.8, 4) is 0 Å². The van der Waals surface area contributed by atoms with Gasteiger partial charge in [0.25, 0.3) is 0 Å². The highest BCUT2D eigenvalue weighted by atomic mass is 32.2. The average molecular weight is 381 g/mol. The minimum atomic E-state index is -2.75. The molecule has 6 heteroatoms. The van der Waals surface area contributed by atoms with E-state index < -0.39 is 9.84 Å². The second-order valence-corrected chi connectivity index (χ2v) is 12.2. The molecule has 2 fully saturated rings. The molecule has 4 nitrogen and oxygen atoms in total. The maximum absolute atomic E-state index is 11.1. The maximum Gasteiger partial charge on any atom is 0.150 e. The SMILES string of the molecule is CC(C)(C)OC1CCS(=O)(=O)CC1.CC(C)(C)OC1CCSCC1. The lowest BCUT2D eigenvalue weighted by Crippen LogP contribution is -2.34. The molecule has 0 aromatic heterocycles. The molecule has 0 saturated carbocycles. The highest BCUT2D eigenvalue weighted by Gasteiger charge is 2.27. The highest BCUT2D eigenvalue weighted by Crippen LogP contribution is 2.23. The van der Waals surface area contributed by atoms with Crippen molar-refractivity contribution in [1.82, 2.24) is 0 Å². The van der Waals surface area contributed by atoms with Gasteiger partial charge in [-0.3, -0.25) is 0 Å². The van der Waals surface area contributed by atoms with Crippen molar-refractivity contribution in [3.63, 3.8) is 0 Å². The molecular formula is C18H36O4S2. The van der Waals surface area contributed by atoms with Crippen molar-refractivity contribution in [2.45, 2.75) is 90.6 Å². The number of sulfone groups is 1. The first kappa shape index (κ1) is 22.3. The van der Waals surface area contributed by atoms with Crippen LogP contribution < -0.4 is 0 Å². The molecule has 2 aliphatic rings. The molecule has 0 radical (unpaired) electrons. The van der Waals surface area contributed by atoms with E-state index in [1.165, 1.54) is 24.3 Å². The Labute approximate surface area is 153 Å². The van der Waals surface area contributed by atoms with Crippen LogP contribution in [0.25, 0.3) is 0 Å². The summed E-state index contributed by atoms with van der Waals surface area (Å²) < 4.78 is 33.8. The molecule has 0 atom stereocenters. The van der Waals surface area contributed by atoms with Crippen LogP contribution >= 0.6 is 11.8 Å². The van der Waals surface area contributed by atoms with E-state index in [4.69, 9.17) is 9.47 Å². The van der Waals surface area contributed by atoms with Gasteiger partial charge in [0.05, 0.1) is 34.9 Å². The first-order valence-corrected chi connectivity index (χ1v) is 12.0. The van der Waals surface area contributed by atoms with Gasteiger partial charge < -0.3 is 9.47 Å². The number of ether oxygens (including phenoxy) is 2. The van der Waals surface area contributed by atoms with Crippen molar-refractivity contribution in [2.24, 2.45) is 0 Å². The Hall–Kier alpha value is 0.220. The topological polar surface area (TPSA) is 52.6 Å². The quantitative estimate of drug-likeness (QED) is 0.722. The zero-order valence-corrected chi connectivity index (χ0v) is 17.9. The van der Waals surface area contributed by atoms with Gasteiger partial charge in [-0.15, -0.1) is 0 Å². The zero-order valence-electron chi connectivity index (χ0n) is 16.3. The van der Waals surface area contributed by atoms with Gasteiger partial charge in [-0.2, -0.15) is 11.8 Å². The summed E-state index contributed by atoms with van der Waals surface area (Å²) in [5, 5.41) is 0. The van der Waals surface area contributed by atoms with Crippen LogP contribution in [0.3, 0.4) is 0 Å². The van der Waals surface area contributed by atoms with Crippen molar-refractivity contribution in [2.75, 3.05) is 23.0 Å². The Morgan fingerprint density at radius 2 is 1.12 bits per heavy atom. The summed E-state index contributed by atoms with van der Waals surface area (Å²) in [4.78, 5) is 0. The maximum atomic E-state index is 11.1. The molecule has 2 aliphatic heterocycles. The van der Waals surface area contributed by atoms with E-state index in [0.717, 1.165) is 0 Å². The van der Waals surface area contributed by atoms with Crippen LogP contribution in [0.5, 0.6) is 0 Å². The third-order valence-corrected chi connectivity index (χ3v) is 6.47. The van der Waals surface area contributed by atoms with Crippen molar-refractivity contribution < 1.29 is 17.9 Å². The minimum Gasteiger partial charge on any atom is -0.373 e. The van der Waals surface area contributed by atoms with E-state index in [2.05, 4.69) is 20.8 Å². The number of thioether (sulfide) groups is 1. The molecule has 0 amide bonds. The van der Waals surface area contributed by atoms with Crippen LogP contribution in [0, 0.1) is 0 Å². The summed E-state index contributed by atoms with van der Waals surface area (Å²) in [5.41, 5.74) is -0.113. The summed E-state index contributed by atoms with van der Waals surface area (Å²) in [6, 6.07) is 0. The fourth-order valence-electron chi connectivity index (χ4n) is 2.78. The molecule has 0 bridgehead atoms. The third kappa shape index (κ3) is 11.0. The van der Waals surface area contributed by atoms with Crippen LogP contribution in [0.4, 0.5) is 0 Å². The molecule has 0 aromatic rings. The van der Waals surface area contributed by atoms with Gasteiger partial charge in [0.1, 0.15) is 0 Å². The molecule has 0 unspecified atom stereocenters. The molecule has 0 aliphatic carbocycles. The Morgan fingerprint density at radius 3 is 1.50 bits per heavy atom. The summed E-state index contributed by atoms with van der Waals surface area (Å²) in [7, 11) is -2.75. The van der Waals surface area contributed by atoms with Gasteiger partial charge in [-0.25, -0.2) is 8.42 Å². The smallest absolute Gasteiger partial charge is 0.150 e. The number of rotatable bonds is 2. The van der Waals surface area contributed by atoms with E-state index in [1.807, 2.05) is 32.5 Å². The third-order valence-electron chi connectivity index (χ3n) is 3.71. The zero-order chi connectivity index (χ0) is 18.4. The first-order valence-electron chi connectivity index (χ1n) is 9.00. The van der Waals surface area contributed by atoms with Crippen molar-refractivity contribution in [3.05, 3.63) is 0 Å². The van der Waals surface area contributed by atoms with E-state index in [0.29, 0.717) is 18.9 Å². The van der Waals surface area contributed by atoms with Crippen LogP contribution in [0.1, 0.15) is 67.2 Å². The summed E-state index contributed by atoms with van der Waals surface area (Å²) >= 11 is 2.04. The van der Waals surface area contributed by atoms with Gasteiger partial charge in [0, 0.05) is 0 Å². The van der Waals surface area contributed by atoms with Gasteiger partial charge >= 0.3 is 0 Å². The van der Waals surface area contributed by atoms with Crippen LogP contribution in [-0.4, -0.2) is 54.8 Å². The van der Waals surface area contributed by atoms with Gasteiger partial charge in [-0.05, 0) is 78.7 Å². The van der Waals surface area contributed by atoms with Crippen molar-refractivity contribution in [1.29, 1.82) is 0 Å². The van der Waals surface area contributed by atoms with Gasteiger partial charge in [-0.1, -0.05) is 0 Å². The van der Waals surface area contributed by atoms with Crippen LogP contribution in [0.2, 0.25) is 0 Å². The van der Waals surface area contributed by atoms with E-state index in [9.17, 15) is 8.42 Å². The second-order valence-electron chi connectivity index (χ2n) is 8.62. The predicted molar refractivity (Wildman–Crippen MR) is 104 cm³/mol. The predicted octanol–water partition coefficient (Wildman–Crippen LogP) is 4.08. The molecular weight excluding hydrogens is 344 g/mol. The average Bonchev–Trinajstić information content (AvgIpc) is 2.40. The molecule has 0 aromatic carbocycles. The summed E-state index contributed by atoms with van der Waals surface area (Å²) in [6.07, 6.45) is 4.43. The van der Waals surface area contributed by atoms with E-state index >= 15 is 0 Å². The monoisotopic (exact) mass is 380 g/mol. The molecule has 144 valence electrons. The van der Waals surface area contributed by atoms with Crippen LogP contribution in [-0.2, 0) is 19.3 Å². The largest absolute Gasteiger partial charge is 0.373 e. The Morgan fingerprint density at radius 1 is 0.750 bits per heavy atom. The van der Waals surface area contributed by atoms with E-state index in [1.54, 1.807) is 0 Å². The Balaban J connectivity index is 0.000000243. The summed E-state index contributed by atoms with van der Waals surface area (Å²) in [6.45, 7) is 12.4. The lowest BCUT2D eigenvalue weighted by molar-refractivity contribution is -0.0630. The molecule has 2 heterocycles. The van der Waals surface area contributed by atoms with Crippen LogP contribution in [0.15, 0.2) is 0 Å². The normalized spacial score (nSPS) is 23.4. The molecule has 2 rings (SSSR count). The fraction of sp³-hybridized carbons (Fsp3) is 1.00. The second kappa shape index (κ2) is 9.24. The Bertz CT molecular complexity index is 440. The molecule has 0 spiro atoms. The Kier molecular flexibility index (Phi) is 8.57. The van der Waals surface area contributed by atoms with E-state index in [-0.39, 0.29) is 28.8 Å². The first-order chi connectivity index (χ1) is 10.9.